The van der Waals surface area contributed by atoms with Crippen LogP contribution in [0, 0.1) is 6.92 Å². The van der Waals surface area contributed by atoms with Crippen molar-refractivity contribution in [3.63, 3.8) is 0 Å². The average Bonchev–Trinajstić information content (AvgIpc) is 2.33. The number of halogens is 1. The van der Waals surface area contributed by atoms with Crippen molar-refractivity contribution in [2.75, 3.05) is 25.6 Å². The highest BCUT2D eigenvalue weighted by Crippen LogP contribution is 2.23. The number of hydrogen-bond donors (Lipinski definition) is 2. The molecule has 0 saturated carbocycles. The highest BCUT2D eigenvalue weighted by Gasteiger charge is 2.15. The van der Waals surface area contributed by atoms with Crippen LogP contribution in [0.5, 0.6) is 0 Å². The lowest BCUT2D eigenvalue weighted by Crippen LogP contribution is -2.30. The second kappa shape index (κ2) is 6.87. The van der Waals surface area contributed by atoms with Gasteiger partial charge in [0.15, 0.2) is 0 Å². The number of aliphatic hydroxyl groups excluding tert-OH is 1. The van der Waals surface area contributed by atoms with Crippen molar-refractivity contribution in [1.29, 1.82) is 0 Å². The van der Waals surface area contributed by atoms with Gasteiger partial charge in [-0.2, -0.15) is 0 Å². The number of methoxy groups -OCH3 is 1. The molecular formula is C12H20ClN3O2. The van der Waals surface area contributed by atoms with Gasteiger partial charge in [0, 0.05) is 18.6 Å². The number of anilines is 1. The molecule has 0 aliphatic rings. The SMILES string of the molecule is COCC(CO)Nc1nc(C(C)C)nc(Cl)c1C. The molecule has 1 rings (SSSR count). The Kier molecular flexibility index (Phi) is 5.78. The van der Waals surface area contributed by atoms with E-state index in [0.29, 0.717) is 23.4 Å². The molecule has 1 atom stereocenters. The molecule has 2 N–H and O–H groups in total. The van der Waals surface area contributed by atoms with Crippen LogP contribution in [-0.4, -0.2) is 41.4 Å². The molecule has 0 radical (unpaired) electrons. The molecule has 5 nitrogen and oxygen atoms in total. The van der Waals surface area contributed by atoms with Crippen LogP contribution < -0.4 is 5.32 Å². The summed E-state index contributed by atoms with van der Waals surface area (Å²) in [6, 6.07) is -0.209. The normalized spacial score (nSPS) is 12.8. The van der Waals surface area contributed by atoms with Gasteiger partial charge in [0.25, 0.3) is 0 Å². The van der Waals surface area contributed by atoms with E-state index in [0.717, 1.165) is 5.56 Å². The summed E-state index contributed by atoms with van der Waals surface area (Å²) in [5, 5.41) is 12.8. The second-order valence-corrected chi connectivity index (χ2v) is 4.84. The first kappa shape index (κ1) is 15.1. The molecule has 1 unspecified atom stereocenters. The third-order valence-corrected chi connectivity index (χ3v) is 2.92. The predicted molar refractivity (Wildman–Crippen MR) is 72.2 cm³/mol. The van der Waals surface area contributed by atoms with Crippen LogP contribution in [0.3, 0.4) is 0 Å². The van der Waals surface area contributed by atoms with Gasteiger partial charge in [-0.25, -0.2) is 9.97 Å². The summed E-state index contributed by atoms with van der Waals surface area (Å²) in [6.45, 7) is 6.21. The number of hydrogen-bond acceptors (Lipinski definition) is 5. The fourth-order valence-corrected chi connectivity index (χ4v) is 1.61. The first-order valence-corrected chi connectivity index (χ1v) is 6.27. The number of nitrogens with zero attached hydrogens (tertiary/aromatic N) is 2. The molecule has 1 aromatic rings. The molecule has 0 amide bonds. The zero-order valence-corrected chi connectivity index (χ0v) is 12.0. The maximum Gasteiger partial charge on any atom is 0.137 e. The van der Waals surface area contributed by atoms with Crippen LogP contribution in [0.25, 0.3) is 0 Å². The van der Waals surface area contributed by atoms with Gasteiger partial charge in [-0.15, -0.1) is 0 Å². The van der Waals surface area contributed by atoms with Crippen LogP contribution in [0.2, 0.25) is 5.15 Å². The highest BCUT2D eigenvalue weighted by atomic mass is 35.5. The van der Waals surface area contributed by atoms with E-state index in [-0.39, 0.29) is 18.6 Å². The first-order chi connectivity index (χ1) is 8.49. The maximum atomic E-state index is 9.24. The Morgan fingerprint density at radius 3 is 2.56 bits per heavy atom. The van der Waals surface area contributed by atoms with Crippen molar-refractivity contribution in [2.24, 2.45) is 0 Å². The summed E-state index contributed by atoms with van der Waals surface area (Å²) < 4.78 is 5.02. The number of aliphatic hydroxyl groups is 1. The molecule has 0 aliphatic heterocycles. The third kappa shape index (κ3) is 3.80. The molecule has 18 heavy (non-hydrogen) atoms. The van der Waals surface area contributed by atoms with E-state index in [4.69, 9.17) is 16.3 Å². The fourth-order valence-electron chi connectivity index (χ4n) is 1.44. The molecule has 0 saturated heterocycles. The van der Waals surface area contributed by atoms with Gasteiger partial charge in [-0.05, 0) is 6.92 Å². The molecule has 0 aliphatic carbocycles. The van der Waals surface area contributed by atoms with E-state index in [1.54, 1.807) is 7.11 Å². The molecule has 102 valence electrons. The van der Waals surface area contributed by atoms with Gasteiger partial charge in [-0.1, -0.05) is 25.4 Å². The van der Waals surface area contributed by atoms with Crippen LogP contribution >= 0.6 is 11.6 Å². The minimum atomic E-state index is -0.209. The standard InChI is InChI=1S/C12H20ClN3O2/c1-7(2)11-15-10(13)8(3)12(16-11)14-9(5-17)6-18-4/h7,9,17H,5-6H2,1-4H3,(H,14,15,16). The van der Waals surface area contributed by atoms with E-state index < -0.39 is 0 Å². The number of nitrogens with one attached hydrogen (secondary N) is 1. The second-order valence-electron chi connectivity index (χ2n) is 4.48. The van der Waals surface area contributed by atoms with Gasteiger partial charge in [0.2, 0.25) is 0 Å². The summed E-state index contributed by atoms with van der Waals surface area (Å²) in [4.78, 5) is 8.66. The van der Waals surface area contributed by atoms with Crippen molar-refractivity contribution >= 4 is 17.4 Å². The van der Waals surface area contributed by atoms with Crippen LogP contribution in [0.15, 0.2) is 0 Å². The average molecular weight is 274 g/mol. The molecule has 1 heterocycles. The quantitative estimate of drug-likeness (QED) is 0.776. The Hall–Kier alpha value is -0.910. The van der Waals surface area contributed by atoms with Crippen LogP contribution in [0.4, 0.5) is 5.82 Å². The fraction of sp³-hybridized carbons (Fsp3) is 0.667. The summed E-state index contributed by atoms with van der Waals surface area (Å²) in [7, 11) is 1.59. The van der Waals surface area contributed by atoms with Gasteiger partial charge in [0.05, 0.1) is 19.3 Å². The Labute approximate surface area is 113 Å². The minimum absolute atomic E-state index is 0.0358. The molecule has 0 bridgehead atoms. The molecule has 0 aromatic carbocycles. The Bertz CT molecular complexity index is 399. The Morgan fingerprint density at radius 1 is 1.39 bits per heavy atom. The smallest absolute Gasteiger partial charge is 0.137 e. The van der Waals surface area contributed by atoms with Gasteiger partial charge >= 0.3 is 0 Å². The van der Waals surface area contributed by atoms with Gasteiger partial charge < -0.3 is 15.2 Å². The minimum Gasteiger partial charge on any atom is -0.394 e. The first-order valence-electron chi connectivity index (χ1n) is 5.90. The number of ether oxygens (including phenoxy) is 1. The summed E-state index contributed by atoms with van der Waals surface area (Å²) in [5.74, 6) is 1.52. The monoisotopic (exact) mass is 273 g/mol. The van der Waals surface area contributed by atoms with E-state index >= 15 is 0 Å². The topological polar surface area (TPSA) is 67.3 Å². The summed E-state index contributed by atoms with van der Waals surface area (Å²) in [6.07, 6.45) is 0. The summed E-state index contributed by atoms with van der Waals surface area (Å²) in [5.41, 5.74) is 0.774. The highest BCUT2D eigenvalue weighted by molar-refractivity contribution is 6.30. The van der Waals surface area contributed by atoms with Crippen molar-refractivity contribution in [1.82, 2.24) is 9.97 Å². The zero-order valence-electron chi connectivity index (χ0n) is 11.2. The van der Waals surface area contributed by atoms with E-state index in [2.05, 4.69) is 15.3 Å². The van der Waals surface area contributed by atoms with Gasteiger partial charge in [-0.3, -0.25) is 0 Å². The Balaban J connectivity index is 2.99. The molecule has 0 fully saturated rings. The molecule has 0 spiro atoms. The van der Waals surface area contributed by atoms with E-state index in [1.165, 1.54) is 0 Å². The van der Waals surface area contributed by atoms with Crippen LogP contribution in [-0.2, 0) is 4.74 Å². The molecule has 6 heteroatoms. The summed E-state index contributed by atoms with van der Waals surface area (Å²) >= 11 is 6.08. The van der Waals surface area contributed by atoms with E-state index in [1.807, 2.05) is 20.8 Å². The lowest BCUT2D eigenvalue weighted by molar-refractivity contribution is 0.153. The van der Waals surface area contributed by atoms with E-state index in [9.17, 15) is 5.11 Å². The van der Waals surface area contributed by atoms with Crippen molar-refractivity contribution in [3.8, 4) is 0 Å². The zero-order chi connectivity index (χ0) is 13.7. The predicted octanol–water partition coefficient (Wildman–Crippen LogP) is 1.98. The number of aromatic nitrogens is 2. The van der Waals surface area contributed by atoms with Crippen molar-refractivity contribution in [3.05, 3.63) is 16.5 Å². The molecule has 1 aromatic heterocycles. The number of rotatable bonds is 6. The van der Waals surface area contributed by atoms with Crippen molar-refractivity contribution < 1.29 is 9.84 Å². The van der Waals surface area contributed by atoms with Crippen LogP contribution in [0.1, 0.15) is 31.2 Å². The Morgan fingerprint density at radius 2 is 2.06 bits per heavy atom. The maximum absolute atomic E-state index is 9.24. The van der Waals surface area contributed by atoms with Crippen molar-refractivity contribution in [2.45, 2.75) is 32.7 Å². The van der Waals surface area contributed by atoms with Gasteiger partial charge in [0.1, 0.15) is 16.8 Å². The third-order valence-electron chi connectivity index (χ3n) is 2.55. The largest absolute Gasteiger partial charge is 0.394 e. The molecular weight excluding hydrogens is 254 g/mol. The lowest BCUT2D eigenvalue weighted by Gasteiger charge is -2.18. The lowest BCUT2D eigenvalue weighted by atomic mass is 10.2.